The molecule has 1 aliphatic rings. The Labute approximate surface area is 150 Å². The molecule has 0 aliphatic carbocycles. The first-order chi connectivity index (χ1) is 11.5. The summed E-state index contributed by atoms with van der Waals surface area (Å²) in [6, 6.07) is 8.28. The second-order valence-electron chi connectivity index (χ2n) is 6.54. The third-order valence-electron chi connectivity index (χ3n) is 4.43. The van der Waals surface area contributed by atoms with Crippen LogP contribution in [0.25, 0.3) is 0 Å². The predicted octanol–water partition coefficient (Wildman–Crippen LogP) is 2.53. The van der Waals surface area contributed by atoms with Crippen LogP contribution < -0.4 is 15.0 Å². The van der Waals surface area contributed by atoms with Crippen LogP contribution in [0.4, 0.5) is 5.69 Å². The highest BCUT2D eigenvalue weighted by molar-refractivity contribution is 7.99. The average Bonchev–Trinajstić information content (AvgIpc) is 2.62. The van der Waals surface area contributed by atoms with Crippen LogP contribution >= 0.6 is 11.8 Å². The molecule has 0 saturated carbocycles. The molecule has 1 heterocycles. The first-order valence-corrected chi connectivity index (χ1v) is 9.61. The van der Waals surface area contributed by atoms with E-state index in [4.69, 9.17) is 4.74 Å². The SMILES string of the molecule is CN=C(NCC(C)(C)SC)N1CCN(c2cccc(OC)c2)CC1. The topological polar surface area (TPSA) is 40.1 Å². The zero-order valence-electron chi connectivity index (χ0n) is 15.5. The Morgan fingerprint density at radius 1 is 1.29 bits per heavy atom. The molecule has 0 amide bonds. The van der Waals surface area contributed by atoms with Crippen LogP contribution in [0.1, 0.15) is 13.8 Å². The maximum atomic E-state index is 5.33. The number of nitrogens with zero attached hydrogens (tertiary/aromatic N) is 3. The van der Waals surface area contributed by atoms with Crippen LogP contribution in [0.2, 0.25) is 0 Å². The number of anilines is 1. The van der Waals surface area contributed by atoms with Crippen molar-refractivity contribution < 1.29 is 4.74 Å². The van der Waals surface area contributed by atoms with Crippen molar-refractivity contribution in [2.45, 2.75) is 18.6 Å². The molecule has 0 bridgehead atoms. The number of nitrogens with one attached hydrogen (secondary N) is 1. The molecule has 2 rings (SSSR count). The number of aliphatic imine (C=N–C) groups is 1. The van der Waals surface area contributed by atoms with Gasteiger partial charge in [0, 0.05) is 56.3 Å². The molecule has 0 aromatic heterocycles. The quantitative estimate of drug-likeness (QED) is 0.653. The maximum Gasteiger partial charge on any atom is 0.193 e. The molecule has 1 saturated heterocycles. The Morgan fingerprint density at radius 2 is 2.00 bits per heavy atom. The van der Waals surface area contributed by atoms with Gasteiger partial charge in [-0.15, -0.1) is 0 Å². The number of methoxy groups -OCH3 is 1. The van der Waals surface area contributed by atoms with Crippen molar-refractivity contribution >= 4 is 23.4 Å². The smallest absolute Gasteiger partial charge is 0.193 e. The number of thioether (sulfide) groups is 1. The molecule has 134 valence electrons. The number of ether oxygens (including phenoxy) is 1. The number of hydrogen-bond donors (Lipinski definition) is 1. The minimum atomic E-state index is 0.207. The van der Waals surface area contributed by atoms with Gasteiger partial charge in [-0.3, -0.25) is 4.99 Å². The lowest BCUT2D eigenvalue weighted by Gasteiger charge is -2.38. The number of hydrogen-bond acceptors (Lipinski definition) is 4. The van der Waals surface area contributed by atoms with Crippen molar-refractivity contribution in [2.24, 2.45) is 4.99 Å². The van der Waals surface area contributed by atoms with Gasteiger partial charge in [-0.2, -0.15) is 11.8 Å². The summed E-state index contributed by atoms with van der Waals surface area (Å²) in [5.41, 5.74) is 1.22. The number of guanidine groups is 1. The van der Waals surface area contributed by atoms with E-state index in [2.05, 4.69) is 52.3 Å². The highest BCUT2D eigenvalue weighted by Gasteiger charge is 2.22. The zero-order valence-corrected chi connectivity index (χ0v) is 16.3. The molecule has 0 spiro atoms. The first-order valence-electron chi connectivity index (χ1n) is 8.39. The van der Waals surface area contributed by atoms with Crippen molar-refractivity contribution in [3.63, 3.8) is 0 Å². The van der Waals surface area contributed by atoms with Gasteiger partial charge in [0.25, 0.3) is 0 Å². The van der Waals surface area contributed by atoms with Crippen molar-refractivity contribution in [3.05, 3.63) is 24.3 Å². The van der Waals surface area contributed by atoms with Gasteiger partial charge >= 0.3 is 0 Å². The molecule has 0 unspecified atom stereocenters. The fraction of sp³-hybridized carbons (Fsp3) is 0.611. The fourth-order valence-corrected chi connectivity index (χ4v) is 2.90. The molecular formula is C18H30N4OS. The van der Waals surface area contributed by atoms with E-state index in [1.807, 2.05) is 30.9 Å². The Hall–Kier alpha value is -1.56. The van der Waals surface area contributed by atoms with Gasteiger partial charge in [0.1, 0.15) is 5.75 Å². The largest absolute Gasteiger partial charge is 0.497 e. The second-order valence-corrected chi connectivity index (χ2v) is 8.05. The fourth-order valence-electron chi connectivity index (χ4n) is 2.68. The summed E-state index contributed by atoms with van der Waals surface area (Å²) >= 11 is 1.87. The lowest BCUT2D eigenvalue weighted by atomic mass is 10.2. The normalized spacial score (nSPS) is 16.3. The molecule has 6 heteroatoms. The van der Waals surface area contributed by atoms with E-state index in [0.717, 1.165) is 44.4 Å². The molecule has 1 aromatic carbocycles. The zero-order chi connectivity index (χ0) is 17.6. The van der Waals surface area contributed by atoms with Gasteiger partial charge in [0.05, 0.1) is 7.11 Å². The van der Waals surface area contributed by atoms with Crippen LogP contribution in [0.15, 0.2) is 29.3 Å². The maximum absolute atomic E-state index is 5.33. The summed E-state index contributed by atoms with van der Waals surface area (Å²) in [6.45, 7) is 9.32. The third-order valence-corrected chi connectivity index (χ3v) is 5.68. The molecule has 1 N–H and O–H groups in total. The molecule has 0 radical (unpaired) electrons. The van der Waals surface area contributed by atoms with E-state index in [0.29, 0.717) is 0 Å². The third kappa shape index (κ3) is 4.97. The van der Waals surface area contributed by atoms with Crippen LogP contribution in [0.5, 0.6) is 5.75 Å². The Kier molecular flexibility index (Phi) is 6.66. The van der Waals surface area contributed by atoms with Crippen molar-refractivity contribution in [1.29, 1.82) is 0 Å². The summed E-state index contributed by atoms with van der Waals surface area (Å²) in [7, 11) is 3.58. The minimum absolute atomic E-state index is 0.207. The van der Waals surface area contributed by atoms with E-state index in [-0.39, 0.29) is 4.75 Å². The molecule has 5 nitrogen and oxygen atoms in total. The molecule has 1 aromatic rings. The van der Waals surface area contributed by atoms with Crippen LogP contribution in [0.3, 0.4) is 0 Å². The van der Waals surface area contributed by atoms with E-state index in [9.17, 15) is 0 Å². The number of piperazine rings is 1. The average molecular weight is 351 g/mol. The van der Waals surface area contributed by atoms with E-state index in [1.165, 1.54) is 5.69 Å². The lowest BCUT2D eigenvalue weighted by molar-refractivity contribution is 0.370. The van der Waals surface area contributed by atoms with Crippen LogP contribution in [0, 0.1) is 0 Å². The predicted molar refractivity (Wildman–Crippen MR) is 106 cm³/mol. The van der Waals surface area contributed by atoms with E-state index in [1.54, 1.807) is 7.11 Å². The highest BCUT2D eigenvalue weighted by Crippen LogP contribution is 2.22. The van der Waals surface area contributed by atoms with Gasteiger partial charge in [-0.25, -0.2) is 0 Å². The lowest BCUT2D eigenvalue weighted by Crippen LogP contribution is -2.54. The summed E-state index contributed by atoms with van der Waals surface area (Å²) < 4.78 is 5.54. The number of benzene rings is 1. The van der Waals surface area contributed by atoms with Crippen molar-refractivity contribution in [1.82, 2.24) is 10.2 Å². The van der Waals surface area contributed by atoms with E-state index < -0.39 is 0 Å². The van der Waals surface area contributed by atoms with Gasteiger partial charge in [0.2, 0.25) is 0 Å². The molecule has 1 aliphatic heterocycles. The Bertz CT molecular complexity index is 554. The summed E-state index contributed by atoms with van der Waals surface area (Å²) in [6.07, 6.45) is 2.15. The van der Waals surface area contributed by atoms with Crippen LogP contribution in [-0.2, 0) is 0 Å². The van der Waals surface area contributed by atoms with Gasteiger partial charge in [-0.05, 0) is 32.2 Å². The van der Waals surface area contributed by atoms with Crippen LogP contribution in [-0.4, -0.2) is 68.7 Å². The molecule has 1 fully saturated rings. The minimum Gasteiger partial charge on any atom is -0.497 e. The Morgan fingerprint density at radius 3 is 2.58 bits per heavy atom. The molecule has 0 atom stereocenters. The van der Waals surface area contributed by atoms with Gasteiger partial charge in [0.15, 0.2) is 5.96 Å². The van der Waals surface area contributed by atoms with Crippen molar-refractivity contribution in [3.8, 4) is 5.75 Å². The number of rotatable bonds is 5. The standard InChI is InChI=1S/C18H30N4OS/c1-18(2,24-5)14-20-17(19-3)22-11-9-21(10-12-22)15-7-6-8-16(13-15)23-4/h6-8,13H,9-12,14H2,1-5H3,(H,19,20). The summed E-state index contributed by atoms with van der Waals surface area (Å²) in [5, 5.41) is 3.52. The monoisotopic (exact) mass is 350 g/mol. The highest BCUT2D eigenvalue weighted by atomic mass is 32.2. The Balaban J connectivity index is 1.91. The molecule has 24 heavy (non-hydrogen) atoms. The van der Waals surface area contributed by atoms with Gasteiger partial charge < -0.3 is 19.9 Å². The summed E-state index contributed by atoms with van der Waals surface area (Å²) in [4.78, 5) is 9.20. The molecular weight excluding hydrogens is 320 g/mol. The van der Waals surface area contributed by atoms with Crippen molar-refractivity contribution in [2.75, 3.05) is 58.0 Å². The van der Waals surface area contributed by atoms with E-state index >= 15 is 0 Å². The van der Waals surface area contributed by atoms with Gasteiger partial charge in [-0.1, -0.05) is 6.07 Å². The first kappa shape index (κ1) is 18.8. The second kappa shape index (κ2) is 8.51. The summed E-state index contributed by atoms with van der Waals surface area (Å²) in [5.74, 6) is 1.91.